The fourth-order valence-electron chi connectivity index (χ4n) is 2.58. The van der Waals surface area contributed by atoms with Crippen molar-refractivity contribution in [3.05, 3.63) is 0 Å². The summed E-state index contributed by atoms with van der Waals surface area (Å²) < 4.78 is 0. The van der Waals surface area contributed by atoms with Crippen molar-refractivity contribution in [1.29, 1.82) is 0 Å². The molecule has 3 heteroatoms. The molecular weight excluding hydrogens is 212 g/mol. The molecule has 2 N–H and O–H groups in total. The van der Waals surface area contributed by atoms with Crippen LogP contribution in [0.3, 0.4) is 0 Å². The number of rotatable bonds is 5. The second kappa shape index (κ2) is 7.00. The molecule has 0 saturated carbocycles. The summed E-state index contributed by atoms with van der Waals surface area (Å²) in [7, 11) is 0. The molecular formula is C14H28N2O. The molecule has 100 valence electrons. The lowest BCUT2D eigenvalue weighted by atomic mass is 9.90. The van der Waals surface area contributed by atoms with E-state index in [0.29, 0.717) is 18.0 Å². The molecule has 0 aromatic rings. The third-order valence-corrected chi connectivity index (χ3v) is 3.94. The van der Waals surface area contributed by atoms with E-state index in [4.69, 9.17) is 0 Å². The molecule has 1 fully saturated rings. The molecule has 3 nitrogen and oxygen atoms in total. The van der Waals surface area contributed by atoms with Gasteiger partial charge in [0.2, 0.25) is 5.91 Å². The minimum absolute atomic E-state index is 0.156. The summed E-state index contributed by atoms with van der Waals surface area (Å²) in [5.41, 5.74) is 0. The fraction of sp³-hybridized carbons (Fsp3) is 0.929. The maximum atomic E-state index is 12.1. The van der Waals surface area contributed by atoms with E-state index in [1.807, 2.05) is 0 Å². The largest absolute Gasteiger partial charge is 0.353 e. The van der Waals surface area contributed by atoms with E-state index in [-0.39, 0.29) is 11.8 Å². The third-order valence-electron chi connectivity index (χ3n) is 3.94. The first-order chi connectivity index (χ1) is 8.04. The Kier molecular flexibility index (Phi) is 5.96. The second-order valence-electron chi connectivity index (χ2n) is 5.65. The van der Waals surface area contributed by atoms with Crippen molar-refractivity contribution in [1.82, 2.24) is 10.6 Å². The number of carbonyl (C=O) groups is 1. The molecule has 0 spiro atoms. The summed E-state index contributed by atoms with van der Waals surface area (Å²) in [6, 6.07) is 0.617. The molecule has 0 aromatic heterocycles. The molecule has 4 unspecified atom stereocenters. The average Bonchev–Trinajstić information content (AvgIpc) is 2.29. The summed E-state index contributed by atoms with van der Waals surface area (Å²) in [6.45, 7) is 9.72. The third kappa shape index (κ3) is 4.66. The highest BCUT2D eigenvalue weighted by Crippen LogP contribution is 2.17. The fourth-order valence-corrected chi connectivity index (χ4v) is 2.58. The van der Waals surface area contributed by atoms with E-state index < -0.39 is 0 Å². The Bertz CT molecular complexity index is 242. The highest BCUT2D eigenvalue weighted by molar-refractivity contribution is 5.79. The van der Waals surface area contributed by atoms with Crippen LogP contribution in [0.15, 0.2) is 0 Å². The molecule has 0 radical (unpaired) electrons. The van der Waals surface area contributed by atoms with Crippen molar-refractivity contribution >= 4 is 5.91 Å². The van der Waals surface area contributed by atoms with E-state index in [0.717, 1.165) is 25.8 Å². The van der Waals surface area contributed by atoms with Crippen LogP contribution in [0.4, 0.5) is 0 Å². The first-order valence-electron chi connectivity index (χ1n) is 7.08. The van der Waals surface area contributed by atoms with Gasteiger partial charge in [-0.25, -0.2) is 0 Å². The van der Waals surface area contributed by atoms with E-state index in [9.17, 15) is 4.79 Å². The number of hydrogen-bond donors (Lipinski definition) is 2. The Morgan fingerprint density at radius 1 is 1.47 bits per heavy atom. The molecule has 1 aliphatic rings. The van der Waals surface area contributed by atoms with Crippen molar-refractivity contribution < 1.29 is 4.79 Å². The Morgan fingerprint density at radius 2 is 2.18 bits per heavy atom. The van der Waals surface area contributed by atoms with E-state index in [2.05, 4.69) is 38.3 Å². The van der Waals surface area contributed by atoms with Crippen LogP contribution in [-0.2, 0) is 4.79 Å². The number of piperidine rings is 1. The van der Waals surface area contributed by atoms with Crippen molar-refractivity contribution in [3.63, 3.8) is 0 Å². The maximum absolute atomic E-state index is 12.1. The minimum Gasteiger partial charge on any atom is -0.353 e. The van der Waals surface area contributed by atoms with Crippen LogP contribution in [0.2, 0.25) is 0 Å². The Labute approximate surface area is 106 Å². The van der Waals surface area contributed by atoms with E-state index in [1.54, 1.807) is 0 Å². The minimum atomic E-state index is 0.156. The Morgan fingerprint density at radius 3 is 2.76 bits per heavy atom. The molecule has 0 bridgehead atoms. The van der Waals surface area contributed by atoms with E-state index >= 15 is 0 Å². The van der Waals surface area contributed by atoms with Crippen molar-refractivity contribution in [3.8, 4) is 0 Å². The summed E-state index contributed by atoms with van der Waals surface area (Å²) in [5, 5.41) is 6.54. The second-order valence-corrected chi connectivity index (χ2v) is 5.65. The first kappa shape index (κ1) is 14.5. The van der Waals surface area contributed by atoms with Crippen LogP contribution in [0, 0.1) is 11.8 Å². The lowest BCUT2D eigenvalue weighted by molar-refractivity contribution is -0.127. The van der Waals surface area contributed by atoms with Gasteiger partial charge < -0.3 is 10.6 Å². The van der Waals surface area contributed by atoms with Crippen molar-refractivity contribution in [2.45, 2.75) is 65.5 Å². The van der Waals surface area contributed by atoms with Gasteiger partial charge >= 0.3 is 0 Å². The van der Waals surface area contributed by atoms with Gasteiger partial charge in [-0.3, -0.25) is 4.79 Å². The van der Waals surface area contributed by atoms with Gasteiger partial charge in [0.1, 0.15) is 0 Å². The zero-order chi connectivity index (χ0) is 12.8. The highest BCUT2D eigenvalue weighted by atomic mass is 16.2. The van der Waals surface area contributed by atoms with Crippen LogP contribution in [0.1, 0.15) is 53.4 Å². The average molecular weight is 240 g/mol. The maximum Gasteiger partial charge on any atom is 0.224 e. The standard InChI is InChI=1S/C14H28N2O/c1-5-10(2)9-11(3)16-14(17)13-7-6-8-15-12(13)4/h10-13,15H,5-9H2,1-4H3,(H,16,17). The van der Waals surface area contributed by atoms with Gasteiger partial charge in [0.25, 0.3) is 0 Å². The number of hydrogen-bond acceptors (Lipinski definition) is 2. The van der Waals surface area contributed by atoms with Gasteiger partial charge in [-0.1, -0.05) is 20.3 Å². The van der Waals surface area contributed by atoms with Gasteiger partial charge in [0.05, 0.1) is 5.92 Å². The Hall–Kier alpha value is -0.570. The van der Waals surface area contributed by atoms with Gasteiger partial charge in [0.15, 0.2) is 0 Å². The molecule has 1 saturated heterocycles. The van der Waals surface area contributed by atoms with Gasteiger partial charge in [-0.05, 0) is 45.6 Å². The summed E-state index contributed by atoms with van der Waals surface area (Å²) in [4.78, 5) is 12.1. The van der Waals surface area contributed by atoms with Gasteiger partial charge in [-0.2, -0.15) is 0 Å². The smallest absolute Gasteiger partial charge is 0.224 e. The molecule has 1 aliphatic heterocycles. The lowest BCUT2D eigenvalue weighted by Gasteiger charge is -2.30. The quantitative estimate of drug-likeness (QED) is 0.774. The highest BCUT2D eigenvalue weighted by Gasteiger charge is 2.28. The molecule has 1 heterocycles. The van der Waals surface area contributed by atoms with Crippen LogP contribution >= 0.6 is 0 Å². The summed E-state index contributed by atoms with van der Waals surface area (Å²) >= 11 is 0. The number of nitrogens with one attached hydrogen (secondary N) is 2. The van der Waals surface area contributed by atoms with Gasteiger partial charge in [-0.15, -0.1) is 0 Å². The Balaban J connectivity index is 2.37. The van der Waals surface area contributed by atoms with Crippen molar-refractivity contribution in [2.24, 2.45) is 11.8 Å². The molecule has 0 aromatic carbocycles. The summed E-state index contributed by atoms with van der Waals surface area (Å²) in [6.07, 6.45) is 4.40. The predicted molar refractivity (Wildman–Crippen MR) is 71.9 cm³/mol. The SMILES string of the molecule is CCC(C)CC(C)NC(=O)C1CCCNC1C. The number of carbonyl (C=O) groups excluding carboxylic acids is 1. The van der Waals surface area contributed by atoms with Crippen LogP contribution in [0.5, 0.6) is 0 Å². The van der Waals surface area contributed by atoms with Gasteiger partial charge in [0, 0.05) is 12.1 Å². The zero-order valence-corrected chi connectivity index (χ0v) is 11.8. The molecule has 4 atom stereocenters. The molecule has 0 aliphatic carbocycles. The monoisotopic (exact) mass is 240 g/mol. The molecule has 1 rings (SSSR count). The molecule has 17 heavy (non-hydrogen) atoms. The van der Waals surface area contributed by atoms with Crippen molar-refractivity contribution in [2.75, 3.05) is 6.54 Å². The normalized spacial score (nSPS) is 28.5. The topological polar surface area (TPSA) is 41.1 Å². The van der Waals surface area contributed by atoms with Crippen LogP contribution in [0.25, 0.3) is 0 Å². The molecule has 1 amide bonds. The first-order valence-corrected chi connectivity index (χ1v) is 7.08. The summed E-state index contributed by atoms with van der Waals surface area (Å²) in [5.74, 6) is 1.08. The predicted octanol–water partition coefficient (Wildman–Crippen LogP) is 2.32. The van der Waals surface area contributed by atoms with Crippen LogP contribution < -0.4 is 10.6 Å². The van der Waals surface area contributed by atoms with E-state index in [1.165, 1.54) is 6.42 Å². The lowest BCUT2D eigenvalue weighted by Crippen LogP contribution is -2.48. The zero-order valence-electron chi connectivity index (χ0n) is 11.8. The van der Waals surface area contributed by atoms with Crippen LogP contribution in [-0.4, -0.2) is 24.5 Å². The number of amides is 1.